The lowest BCUT2D eigenvalue weighted by Gasteiger charge is -2.17. The van der Waals surface area contributed by atoms with Gasteiger partial charge in [0.15, 0.2) is 5.69 Å². The lowest BCUT2D eigenvalue weighted by Crippen LogP contribution is -2.31. The second kappa shape index (κ2) is 9.89. The topological polar surface area (TPSA) is 80.1 Å². The van der Waals surface area contributed by atoms with Gasteiger partial charge in [-0.3, -0.25) is 9.59 Å². The summed E-state index contributed by atoms with van der Waals surface area (Å²) in [5, 5.41) is 11.4. The standard InChI is InChI=1S/C27H24FN5O2/c28-22-13-11-19(12-14-22)17-32-18-20(15-24(32)34)16-29-27(35)25-26(21-7-3-1-4-8-21)33(31-30-25)23-9-5-2-6-10-23/h1-14,20H,15-18H2,(H,29,35). The van der Waals surface area contributed by atoms with Gasteiger partial charge < -0.3 is 10.2 Å². The van der Waals surface area contributed by atoms with Crippen LogP contribution in [0.25, 0.3) is 16.9 Å². The summed E-state index contributed by atoms with van der Waals surface area (Å²) >= 11 is 0. The van der Waals surface area contributed by atoms with E-state index in [0.29, 0.717) is 31.7 Å². The smallest absolute Gasteiger partial charge is 0.274 e. The summed E-state index contributed by atoms with van der Waals surface area (Å²) in [7, 11) is 0. The van der Waals surface area contributed by atoms with Crippen molar-refractivity contribution in [1.82, 2.24) is 25.2 Å². The van der Waals surface area contributed by atoms with Crippen molar-refractivity contribution in [2.24, 2.45) is 5.92 Å². The highest BCUT2D eigenvalue weighted by atomic mass is 19.1. The first kappa shape index (κ1) is 22.5. The van der Waals surface area contributed by atoms with Crippen LogP contribution in [0.5, 0.6) is 0 Å². The summed E-state index contributed by atoms with van der Waals surface area (Å²) in [5.74, 6) is -0.638. The van der Waals surface area contributed by atoms with Crippen LogP contribution in [0.15, 0.2) is 84.9 Å². The second-order valence-corrected chi connectivity index (χ2v) is 8.58. The van der Waals surface area contributed by atoms with Crippen LogP contribution in [0.3, 0.4) is 0 Å². The molecule has 176 valence electrons. The van der Waals surface area contributed by atoms with E-state index in [-0.39, 0.29) is 29.2 Å². The minimum Gasteiger partial charge on any atom is -0.350 e. The van der Waals surface area contributed by atoms with Crippen molar-refractivity contribution in [1.29, 1.82) is 0 Å². The maximum Gasteiger partial charge on any atom is 0.274 e. The third kappa shape index (κ3) is 4.96. The minimum absolute atomic E-state index is 0.0174. The molecular weight excluding hydrogens is 445 g/mol. The summed E-state index contributed by atoms with van der Waals surface area (Å²) in [4.78, 5) is 27.4. The average Bonchev–Trinajstić information content (AvgIpc) is 3.49. The van der Waals surface area contributed by atoms with Crippen LogP contribution in [-0.2, 0) is 11.3 Å². The quantitative estimate of drug-likeness (QED) is 0.446. The summed E-state index contributed by atoms with van der Waals surface area (Å²) in [5.41, 5.74) is 3.33. The second-order valence-electron chi connectivity index (χ2n) is 8.58. The van der Waals surface area contributed by atoms with Gasteiger partial charge in [-0.05, 0) is 29.8 Å². The minimum atomic E-state index is -0.338. The molecule has 35 heavy (non-hydrogen) atoms. The number of rotatable bonds is 7. The maximum absolute atomic E-state index is 13.2. The van der Waals surface area contributed by atoms with E-state index in [4.69, 9.17) is 0 Å². The molecule has 4 aromatic rings. The van der Waals surface area contributed by atoms with Gasteiger partial charge >= 0.3 is 0 Å². The Bertz CT molecular complexity index is 1320. The molecule has 1 aromatic heterocycles. The molecule has 1 unspecified atom stereocenters. The Kier molecular flexibility index (Phi) is 6.34. The molecule has 3 aromatic carbocycles. The predicted octanol–water partition coefficient (Wildman–Crippen LogP) is 3.85. The molecule has 1 saturated heterocycles. The first-order chi connectivity index (χ1) is 17.1. The van der Waals surface area contributed by atoms with E-state index in [1.165, 1.54) is 12.1 Å². The number of likely N-dealkylation sites (tertiary alicyclic amines) is 1. The Morgan fingerprint density at radius 3 is 2.37 bits per heavy atom. The SMILES string of the molecule is O=C(NCC1CC(=O)N(Cc2ccc(F)cc2)C1)c1nnn(-c2ccccc2)c1-c1ccccc1. The van der Waals surface area contributed by atoms with Crippen LogP contribution < -0.4 is 5.32 Å². The monoisotopic (exact) mass is 469 g/mol. The highest BCUT2D eigenvalue weighted by Crippen LogP contribution is 2.25. The van der Waals surface area contributed by atoms with E-state index >= 15 is 0 Å². The number of aromatic nitrogens is 3. The zero-order valence-electron chi connectivity index (χ0n) is 19.0. The van der Waals surface area contributed by atoms with E-state index in [9.17, 15) is 14.0 Å². The van der Waals surface area contributed by atoms with E-state index in [1.54, 1.807) is 21.7 Å². The molecule has 1 aliphatic heterocycles. The fraction of sp³-hybridized carbons (Fsp3) is 0.185. The predicted molar refractivity (Wildman–Crippen MR) is 129 cm³/mol. The molecule has 0 radical (unpaired) electrons. The number of carbonyl (C=O) groups is 2. The van der Waals surface area contributed by atoms with Crippen molar-refractivity contribution >= 4 is 11.8 Å². The van der Waals surface area contributed by atoms with Gasteiger partial charge in [0.25, 0.3) is 5.91 Å². The summed E-state index contributed by atoms with van der Waals surface area (Å²) in [6, 6.07) is 25.2. The molecule has 0 bridgehead atoms. The molecule has 2 heterocycles. The van der Waals surface area contributed by atoms with Crippen LogP contribution in [0.4, 0.5) is 4.39 Å². The van der Waals surface area contributed by atoms with Crippen molar-refractivity contribution in [2.45, 2.75) is 13.0 Å². The molecule has 7 nitrogen and oxygen atoms in total. The number of halogens is 1. The molecule has 0 aliphatic carbocycles. The third-order valence-corrected chi connectivity index (χ3v) is 6.07. The van der Waals surface area contributed by atoms with Gasteiger partial charge in [0.05, 0.1) is 5.69 Å². The molecular formula is C27H24FN5O2. The van der Waals surface area contributed by atoms with Gasteiger partial charge in [0.2, 0.25) is 5.91 Å². The van der Waals surface area contributed by atoms with Crippen LogP contribution in [-0.4, -0.2) is 44.8 Å². The summed E-state index contributed by atoms with van der Waals surface area (Å²) in [6.45, 7) is 1.29. The number of nitrogens with zero attached hydrogens (tertiary/aromatic N) is 4. The Morgan fingerprint density at radius 1 is 0.971 bits per heavy atom. The lowest BCUT2D eigenvalue weighted by atomic mass is 10.1. The highest BCUT2D eigenvalue weighted by molar-refractivity contribution is 5.98. The van der Waals surface area contributed by atoms with Crippen molar-refractivity contribution in [3.8, 4) is 16.9 Å². The third-order valence-electron chi connectivity index (χ3n) is 6.07. The van der Waals surface area contributed by atoms with Crippen LogP contribution >= 0.6 is 0 Å². The van der Waals surface area contributed by atoms with Gasteiger partial charge in [-0.1, -0.05) is 65.9 Å². The Balaban J connectivity index is 1.29. The number of nitrogens with one attached hydrogen (secondary N) is 1. The molecule has 5 rings (SSSR count). The van der Waals surface area contributed by atoms with E-state index in [1.807, 2.05) is 60.7 Å². The number of amides is 2. The number of carbonyl (C=O) groups excluding carboxylic acids is 2. The highest BCUT2D eigenvalue weighted by Gasteiger charge is 2.30. The van der Waals surface area contributed by atoms with Crippen molar-refractivity contribution < 1.29 is 14.0 Å². The molecule has 8 heteroatoms. The molecule has 1 N–H and O–H groups in total. The Labute approximate surface area is 202 Å². The molecule has 2 amide bonds. The number of hydrogen-bond acceptors (Lipinski definition) is 4. The van der Waals surface area contributed by atoms with Gasteiger partial charge in [-0.15, -0.1) is 5.10 Å². The first-order valence-electron chi connectivity index (χ1n) is 11.5. The van der Waals surface area contributed by atoms with Gasteiger partial charge in [-0.25, -0.2) is 9.07 Å². The zero-order valence-corrected chi connectivity index (χ0v) is 19.0. The molecule has 0 spiro atoms. The van der Waals surface area contributed by atoms with E-state index in [2.05, 4.69) is 15.6 Å². The van der Waals surface area contributed by atoms with Crippen LogP contribution in [0, 0.1) is 11.7 Å². The zero-order chi connectivity index (χ0) is 24.2. The molecule has 1 fully saturated rings. The van der Waals surface area contributed by atoms with Crippen molar-refractivity contribution in [3.05, 3.63) is 102 Å². The first-order valence-corrected chi connectivity index (χ1v) is 11.5. The Hall–Kier alpha value is -4.33. The molecule has 1 atom stereocenters. The average molecular weight is 470 g/mol. The molecule has 1 aliphatic rings. The number of para-hydroxylation sites is 1. The van der Waals surface area contributed by atoms with Crippen molar-refractivity contribution in [2.75, 3.05) is 13.1 Å². The normalized spacial score (nSPS) is 15.4. The van der Waals surface area contributed by atoms with Crippen LogP contribution in [0.1, 0.15) is 22.5 Å². The lowest BCUT2D eigenvalue weighted by molar-refractivity contribution is -0.128. The Morgan fingerprint density at radius 2 is 1.66 bits per heavy atom. The van der Waals surface area contributed by atoms with Gasteiger partial charge in [0, 0.05) is 37.5 Å². The maximum atomic E-state index is 13.2. The summed E-state index contributed by atoms with van der Waals surface area (Å²) < 4.78 is 14.8. The van der Waals surface area contributed by atoms with Gasteiger partial charge in [-0.2, -0.15) is 0 Å². The fourth-order valence-corrected chi connectivity index (χ4v) is 4.31. The van der Waals surface area contributed by atoms with Crippen LogP contribution in [0.2, 0.25) is 0 Å². The van der Waals surface area contributed by atoms with Crippen molar-refractivity contribution in [3.63, 3.8) is 0 Å². The van der Waals surface area contributed by atoms with E-state index in [0.717, 1.165) is 16.8 Å². The van der Waals surface area contributed by atoms with E-state index < -0.39 is 0 Å². The number of hydrogen-bond donors (Lipinski definition) is 1. The van der Waals surface area contributed by atoms with Gasteiger partial charge in [0.1, 0.15) is 11.5 Å². The summed E-state index contributed by atoms with van der Waals surface area (Å²) in [6.07, 6.45) is 0.351. The fourth-order valence-electron chi connectivity index (χ4n) is 4.31. The number of benzene rings is 3. The largest absolute Gasteiger partial charge is 0.350 e. The molecule has 0 saturated carbocycles.